The minimum absolute atomic E-state index is 0.611. The van der Waals surface area contributed by atoms with Gasteiger partial charge in [0.15, 0.2) is 5.96 Å². The number of nitrogens with zero attached hydrogens (tertiary/aromatic N) is 2. The normalized spacial score (nSPS) is 18.0. The van der Waals surface area contributed by atoms with Gasteiger partial charge < -0.3 is 20.3 Å². The SMILES string of the molecule is CN=C(NCCCOCC(C)C)NCCN1CCC(C)CC1. The van der Waals surface area contributed by atoms with Gasteiger partial charge in [0, 0.05) is 39.9 Å². The first-order chi connectivity index (χ1) is 10.6. The number of aliphatic imine (C=N–C) groups is 1. The molecule has 0 spiro atoms. The molecule has 1 aliphatic heterocycles. The summed E-state index contributed by atoms with van der Waals surface area (Å²) in [5.41, 5.74) is 0. The van der Waals surface area contributed by atoms with E-state index in [1.807, 2.05) is 7.05 Å². The summed E-state index contributed by atoms with van der Waals surface area (Å²) in [6.07, 6.45) is 3.68. The molecule has 2 N–H and O–H groups in total. The Labute approximate surface area is 136 Å². The fourth-order valence-electron chi connectivity index (χ4n) is 2.54. The zero-order valence-corrected chi connectivity index (χ0v) is 15.0. The molecule has 0 aliphatic carbocycles. The van der Waals surface area contributed by atoms with E-state index in [2.05, 4.69) is 41.3 Å². The van der Waals surface area contributed by atoms with E-state index >= 15 is 0 Å². The van der Waals surface area contributed by atoms with E-state index < -0.39 is 0 Å². The molecule has 0 aromatic heterocycles. The van der Waals surface area contributed by atoms with E-state index in [9.17, 15) is 0 Å². The summed E-state index contributed by atoms with van der Waals surface area (Å²) in [7, 11) is 1.83. The molecule has 0 bridgehead atoms. The van der Waals surface area contributed by atoms with Gasteiger partial charge >= 0.3 is 0 Å². The third-order valence-corrected chi connectivity index (χ3v) is 4.03. The Bertz CT molecular complexity index is 299. The van der Waals surface area contributed by atoms with Crippen LogP contribution in [-0.4, -0.2) is 63.8 Å². The number of guanidine groups is 1. The molecule has 5 heteroatoms. The molecule has 0 aromatic rings. The van der Waals surface area contributed by atoms with E-state index in [0.29, 0.717) is 5.92 Å². The van der Waals surface area contributed by atoms with Crippen LogP contribution < -0.4 is 10.6 Å². The maximum atomic E-state index is 5.57. The van der Waals surface area contributed by atoms with Crippen molar-refractivity contribution >= 4 is 5.96 Å². The van der Waals surface area contributed by atoms with Crippen LogP contribution in [0, 0.1) is 11.8 Å². The number of ether oxygens (including phenoxy) is 1. The van der Waals surface area contributed by atoms with Crippen LogP contribution >= 0.6 is 0 Å². The molecule has 0 amide bonds. The molecule has 1 heterocycles. The maximum absolute atomic E-state index is 5.57. The zero-order chi connectivity index (χ0) is 16.2. The quantitative estimate of drug-likeness (QED) is 0.388. The number of hydrogen-bond acceptors (Lipinski definition) is 3. The second kappa shape index (κ2) is 11.7. The molecular formula is C17H36N4O. The van der Waals surface area contributed by atoms with Gasteiger partial charge in [-0.3, -0.25) is 4.99 Å². The predicted molar refractivity (Wildman–Crippen MR) is 94.5 cm³/mol. The molecule has 5 nitrogen and oxygen atoms in total. The Kier molecular flexibility index (Phi) is 10.2. The number of rotatable bonds is 9. The molecule has 1 fully saturated rings. The zero-order valence-electron chi connectivity index (χ0n) is 15.0. The lowest BCUT2D eigenvalue weighted by atomic mass is 9.99. The van der Waals surface area contributed by atoms with Crippen LogP contribution in [-0.2, 0) is 4.74 Å². The van der Waals surface area contributed by atoms with Crippen LogP contribution in [0.2, 0.25) is 0 Å². The van der Waals surface area contributed by atoms with Crippen LogP contribution in [0.5, 0.6) is 0 Å². The van der Waals surface area contributed by atoms with Crippen molar-refractivity contribution in [3.8, 4) is 0 Å². The van der Waals surface area contributed by atoms with Crippen molar-refractivity contribution in [1.29, 1.82) is 0 Å². The van der Waals surface area contributed by atoms with Gasteiger partial charge in [-0.05, 0) is 44.2 Å². The van der Waals surface area contributed by atoms with Crippen molar-refractivity contribution in [3.63, 3.8) is 0 Å². The molecule has 0 aromatic carbocycles. The van der Waals surface area contributed by atoms with Crippen molar-refractivity contribution in [1.82, 2.24) is 15.5 Å². The molecule has 0 saturated carbocycles. The van der Waals surface area contributed by atoms with Crippen molar-refractivity contribution in [2.24, 2.45) is 16.8 Å². The highest BCUT2D eigenvalue weighted by molar-refractivity contribution is 5.79. The lowest BCUT2D eigenvalue weighted by molar-refractivity contribution is 0.108. The van der Waals surface area contributed by atoms with Gasteiger partial charge in [-0.2, -0.15) is 0 Å². The molecule has 0 unspecified atom stereocenters. The molecule has 22 heavy (non-hydrogen) atoms. The van der Waals surface area contributed by atoms with Crippen LogP contribution in [0.3, 0.4) is 0 Å². The second-order valence-corrected chi connectivity index (χ2v) is 6.77. The van der Waals surface area contributed by atoms with Crippen molar-refractivity contribution in [3.05, 3.63) is 0 Å². The number of hydrogen-bond donors (Lipinski definition) is 2. The maximum Gasteiger partial charge on any atom is 0.191 e. The number of likely N-dealkylation sites (tertiary alicyclic amines) is 1. The van der Waals surface area contributed by atoms with Crippen LogP contribution in [0.25, 0.3) is 0 Å². The van der Waals surface area contributed by atoms with Crippen molar-refractivity contribution < 1.29 is 4.74 Å². The molecule has 130 valence electrons. The van der Waals surface area contributed by atoms with E-state index in [1.165, 1.54) is 25.9 Å². The van der Waals surface area contributed by atoms with Crippen LogP contribution in [0.4, 0.5) is 0 Å². The Balaban J connectivity index is 2.00. The number of piperidine rings is 1. The molecular weight excluding hydrogens is 276 g/mol. The summed E-state index contributed by atoms with van der Waals surface area (Å²) in [6, 6.07) is 0. The monoisotopic (exact) mass is 312 g/mol. The molecule has 1 saturated heterocycles. The minimum Gasteiger partial charge on any atom is -0.381 e. The second-order valence-electron chi connectivity index (χ2n) is 6.77. The molecule has 1 aliphatic rings. The standard InChI is InChI=1S/C17H36N4O/c1-15(2)14-22-13-5-8-19-17(18-4)20-9-12-21-10-6-16(3)7-11-21/h15-16H,5-14H2,1-4H3,(H2,18,19,20). The highest BCUT2D eigenvalue weighted by atomic mass is 16.5. The summed E-state index contributed by atoms with van der Waals surface area (Å²) < 4.78 is 5.57. The van der Waals surface area contributed by atoms with Crippen molar-refractivity contribution in [2.75, 3.05) is 53.0 Å². The largest absolute Gasteiger partial charge is 0.381 e. The van der Waals surface area contributed by atoms with Crippen molar-refractivity contribution in [2.45, 2.75) is 40.0 Å². The van der Waals surface area contributed by atoms with Crippen LogP contribution in [0.15, 0.2) is 4.99 Å². The summed E-state index contributed by atoms with van der Waals surface area (Å²) in [5.74, 6) is 2.41. The summed E-state index contributed by atoms with van der Waals surface area (Å²) in [6.45, 7) is 13.8. The fourth-order valence-corrected chi connectivity index (χ4v) is 2.54. The van der Waals surface area contributed by atoms with Gasteiger partial charge in [0.1, 0.15) is 0 Å². The highest BCUT2D eigenvalue weighted by Crippen LogP contribution is 2.14. The first-order valence-electron chi connectivity index (χ1n) is 8.86. The first kappa shape index (κ1) is 19.2. The minimum atomic E-state index is 0.611. The van der Waals surface area contributed by atoms with Gasteiger partial charge in [0.05, 0.1) is 0 Å². The van der Waals surface area contributed by atoms with Crippen LogP contribution in [0.1, 0.15) is 40.0 Å². The lowest BCUT2D eigenvalue weighted by Crippen LogP contribution is -2.43. The van der Waals surface area contributed by atoms with Gasteiger partial charge in [0.25, 0.3) is 0 Å². The fraction of sp³-hybridized carbons (Fsp3) is 0.941. The Morgan fingerprint density at radius 3 is 2.55 bits per heavy atom. The van der Waals surface area contributed by atoms with Gasteiger partial charge in [0.2, 0.25) is 0 Å². The highest BCUT2D eigenvalue weighted by Gasteiger charge is 2.14. The third kappa shape index (κ3) is 9.26. The average Bonchev–Trinajstić information content (AvgIpc) is 2.50. The topological polar surface area (TPSA) is 48.9 Å². The van der Waals surface area contributed by atoms with Gasteiger partial charge in [-0.25, -0.2) is 0 Å². The summed E-state index contributed by atoms with van der Waals surface area (Å²) in [5, 5.41) is 6.74. The van der Waals surface area contributed by atoms with Gasteiger partial charge in [-0.1, -0.05) is 20.8 Å². The predicted octanol–water partition coefficient (Wildman–Crippen LogP) is 1.95. The summed E-state index contributed by atoms with van der Waals surface area (Å²) >= 11 is 0. The number of nitrogens with one attached hydrogen (secondary N) is 2. The van der Waals surface area contributed by atoms with E-state index in [4.69, 9.17) is 4.74 Å². The van der Waals surface area contributed by atoms with E-state index in [0.717, 1.165) is 51.1 Å². The third-order valence-electron chi connectivity index (χ3n) is 4.03. The average molecular weight is 313 g/mol. The summed E-state index contributed by atoms with van der Waals surface area (Å²) in [4.78, 5) is 6.81. The Morgan fingerprint density at radius 2 is 1.91 bits per heavy atom. The smallest absolute Gasteiger partial charge is 0.191 e. The first-order valence-corrected chi connectivity index (χ1v) is 8.86. The van der Waals surface area contributed by atoms with E-state index in [-0.39, 0.29) is 0 Å². The molecule has 1 rings (SSSR count). The lowest BCUT2D eigenvalue weighted by Gasteiger charge is -2.30. The Hall–Kier alpha value is -0.810. The molecule has 0 atom stereocenters. The molecule has 0 radical (unpaired) electrons. The van der Waals surface area contributed by atoms with E-state index in [1.54, 1.807) is 0 Å². The Morgan fingerprint density at radius 1 is 1.23 bits per heavy atom. The van der Waals surface area contributed by atoms with Gasteiger partial charge in [-0.15, -0.1) is 0 Å².